The van der Waals surface area contributed by atoms with E-state index in [0.29, 0.717) is 13.2 Å². The van der Waals surface area contributed by atoms with Crippen LogP contribution in [0.2, 0.25) is 0 Å². The molecule has 3 N–H and O–H groups in total. The van der Waals surface area contributed by atoms with Gasteiger partial charge in [-0.1, -0.05) is 42.5 Å². The highest BCUT2D eigenvalue weighted by Crippen LogP contribution is 2.14. The van der Waals surface area contributed by atoms with E-state index in [1.807, 2.05) is 54.6 Å². The molecule has 0 saturated heterocycles. The molecule has 2 rings (SSSR count). The number of nitrogens with one attached hydrogen (secondary N) is 1. The largest absolute Gasteiger partial charge is 0.489 e. The summed E-state index contributed by atoms with van der Waals surface area (Å²) in [4.78, 5) is 24.4. The second-order valence-electron chi connectivity index (χ2n) is 5.79. The average Bonchev–Trinajstić information content (AvgIpc) is 2.59. The third-order valence-electron chi connectivity index (χ3n) is 3.57. The number of amides is 2. The Kier molecular flexibility index (Phi) is 6.98. The Morgan fingerprint density at radius 2 is 1.64 bits per heavy atom. The normalized spacial score (nSPS) is 10.5. The number of likely N-dealkylation sites (N-methyl/N-ethyl adjacent to an activating group) is 1. The van der Waals surface area contributed by atoms with Crippen LogP contribution in [0.1, 0.15) is 11.1 Å². The maximum atomic E-state index is 12.0. The molecule has 0 saturated carbocycles. The van der Waals surface area contributed by atoms with E-state index < -0.39 is 5.91 Å². The minimum absolute atomic E-state index is 0.0505. The summed E-state index contributed by atoms with van der Waals surface area (Å²) in [5, 5.41) is 2.85. The van der Waals surface area contributed by atoms with Gasteiger partial charge in [-0.15, -0.1) is 0 Å². The molecule has 2 aromatic carbocycles. The molecule has 0 bridgehead atoms. The molecular formula is C19H23N3O3. The first kappa shape index (κ1) is 18.5. The highest BCUT2D eigenvalue weighted by molar-refractivity contribution is 5.80. The first-order chi connectivity index (χ1) is 12.0. The summed E-state index contributed by atoms with van der Waals surface area (Å²) < 4.78 is 5.78. The molecule has 2 amide bonds. The molecule has 6 heteroatoms. The number of rotatable bonds is 9. The molecule has 6 nitrogen and oxygen atoms in total. The van der Waals surface area contributed by atoms with Crippen LogP contribution in [0.4, 0.5) is 0 Å². The van der Waals surface area contributed by atoms with Gasteiger partial charge in [-0.25, -0.2) is 0 Å². The van der Waals surface area contributed by atoms with Gasteiger partial charge in [0.05, 0.1) is 13.1 Å². The zero-order valence-electron chi connectivity index (χ0n) is 14.3. The van der Waals surface area contributed by atoms with Crippen LogP contribution < -0.4 is 15.8 Å². The van der Waals surface area contributed by atoms with Crippen molar-refractivity contribution in [1.82, 2.24) is 10.2 Å². The number of benzene rings is 2. The van der Waals surface area contributed by atoms with Gasteiger partial charge in [-0.05, 0) is 30.3 Å². The van der Waals surface area contributed by atoms with E-state index in [1.54, 1.807) is 11.9 Å². The molecule has 0 aliphatic heterocycles. The second-order valence-corrected chi connectivity index (χ2v) is 5.79. The van der Waals surface area contributed by atoms with Crippen LogP contribution in [-0.4, -0.2) is 36.9 Å². The summed E-state index contributed by atoms with van der Waals surface area (Å²) in [6.07, 6.45) is 0. The highest BCUT2D eigenvalue weighted by Gasteiger charge is 2.09. The van der Waals surface area contributed by atoms with Gasteiger partial charge in [0.25, 0.3) is 0 Å². The van der Waals surface area contributed by atoms with Gasteiger partial charge in [0, 0.05) is 6.54 Å². The number of ether oxygens (including phenoxy) is 1. The lowest BCUT2D eigenvalue weighted by molar-refractivity contribution is -0.123. The van der Waals surface area contributed by atoms with Crippen LogP contribution in [0.15, 0.2) is 54.6 Å². The number of nitrogens with two attached hydrogens (primary N) is 1. The van der Waals surface area contributed by atoms with Crippen molar-refractivity contribution < 1.29 is 14.3 Å². The molecule has 132 valence electrons. The molecular weight excluding hydrogens is 318 g/mol. The van der Waals surface area contributed by atoms with E-state index in [1.165, 1.54) is 0 Å². The number of hydrogen-bond acceptors (Lipinski definition) is 4. The topological polar surface area (TPSA) is 84.7 Å². The molecule has 0 spiro atoms. The van der Waals surface area contributed by atoms with Crippen molar-refractivity contribution in [2.24, 2.45) is 5.73 Å². The van der Waals surface area contributed by atoms with Crippen molar-refractivity contribution in [3.05, 3.63) is 65.7 Å². The molecule has 0 atom stereocenters. The first-order valence-electron chi connectivity index (χ1n) is 8.03. The molecule has 2 aromatic rings. The molecule has 0 radical (unpaired) electrons. The Labute approximate surface area is 147 Å². The summed E-state index contributed by atoms with van der Waals surface area (Å²) in [5.74, 6) is 0.177. The first-order valence-corrected chi connectivity index (χ1v) is 8.03. The highest BCUT2D eigenvalue weighted by atomic mass is 16.5. The van der Waals surface area contributed by atoms with Crippen molar-refractivity contribution in [2.75, 3.05) is 20.1 Å². The van der Waals surface area contributed by atoms with E-state index in [-0.39, 0.29) is 19.0 Å². The van der Waals surface area contributed by atoms with E-state index in [9.17, 15) is 9.59 Å². The van der Waals surface area contributed by atoms with E-state index in [2.05, 4.69) is 5.32 Å². The molecule has 25 heavy (non-hydrogen) atoms. The van der Waals surface area contributed by atoms with Gasteiger partial charge in [0.2, 0.25) is 11.8 Å². The minimum atomic E-state index is -0.460. The Morgan fingerprint density at radius 3 is 2.32 bits per heavy atom. The van der Waals surface area contributed by atoms with E-state index in [0.717, 1.165) is 16.9 Å². The number of nitrogens with zero attached hydrogens (tertiary/aromatic N) is 1. The molecule has 0 fully saturated rings. The summed E-state index contributed by atoms with van der Waals surface area (Å²) in [7, 11) is 1.67. The summed E-state index contributed by atoms with van der Waals surface area (Å²) in [6, 6.07) is 17.4. The fourth-order valence-electron chi connectivity index (χ4n) is 2.37. The van der Waals surface area contributed by atoms with E-state index >= 15 is 0 Å². The van der Waals surface area contributed by atoms with Crippen molar-refractivity contribution in [3.8, 4) is 5.75 Å². The van der Waals surface area contributed by atoms with Crippen molar-refractivity contribution >= 4 is 11.8 Å². The Hall–Kier alpha value is -2.86. The zero-order chi connectivity index (χ0) is 18.1. The summed E-state index contributed by atoms with van der Waals surface area (Å²) in [6.45, 7) is 0.996. The maximum Gasteiger partial charge on any atom is 0.234 e. The zero-order valence-corrected chi connectivity index (χ0v) is 14.3. The standard InChI is InChI=1S/C19H23N3O3/c1-22(12-18(20)23)13-19(24)21-11-15-7-5-6-8-16(15)14-25-17-9-3-2-4-10-17/h2-10H,11-14H2,1H3,(H2,20,23)(H,21,24). The Balaban J connectivity index is 1.87. The quantitative estimate of drug-likeness (QED) is 0.720. The number of carbonyl (C=O) groups is 2. The van der Waals surface area contributed by atoms with Crippen molar-refractivity contribution in [3.63, 3.8) is 0 Å². The summed E-state index contributed by atoms with van der Waals surface area (Å²) >= 11 is 0. The predicted octanol–water partition coefficient (Wildman–Crippen LogP) is 1.30. The lowest BCUT2D eigenvalue weighted by atomic mass is 10.1. The van der Waals surface area contributed by atoms with Crippen LogP contribution in [0.5, 0.6) is 5.75 Å². The third kappa shape index (κ3) is 6.64. The fraction of sp³-hybridized carbons (Fsp3) is 0.263. The van der Waals surface area contributed by atoms with Crippen molar-refractivity contribution in [1.29, 1.82) is 0 Å². The van der Waals surface area contributed by atoms with Crippen LogP contribution in [0.25, 0.3) is 0 Å². The second kappa shape index (κ2) is 9.44. The van der Waals surface area contributed by atoms with Gasteiger partial charge >= 0.3 is 0 Å². The van der Waals surface area contributed by atoms with Crippen LogP contribution in [0, 0.1) is 0 Å². The third-order valence-corrected chi connectivity index (χ3v) is 3.57. The minimum Gasteiger partial charge on any atom is -0.489 e. The van der Waals surface area contributed by atoms with Gasteiger partial charge in [-0.2, -0.15) is 0 Å². The fourth-order valence-corrected chi connectivity index (χ4v) is 2.37. The molecule has 0 aliphatic rings. The smallest absolute Gasteiger partial charge is 0.234 e. The molecule has 0 heterocycles. The number of primary amides is 1. The Bertz CT molecular complexity index is 704. The Morgan fingerprint density at radius 1 is 1.00 bits per heavy atom. The van der Waals surface area contributed by atoms with Gasteiger partial charge in [0.15, 0.2) is 0 Å². The maximum absolute atomic E-state index is 12.0. The number of para-hydroxylation sites is 1. The van der Waals surface area contributed by atoms with Gasteiger partial charge in [-0.3, -0.25) is 14.5 Å². The average molecular weight is 341 g/mol. The van der Waals surface area contributed by atoms with Gasteiger partial charge in [0.1, 0.15) is 12.4 Å². The summed E-state index contributed by atoms with van der Waals surface area (Å²) in [5.41, 5.74) is 7.11. The molecule has 0 aromatic heterocycles. The molecule has 0 unspecified atom stereocenters. The monoisotopic (exact) mass is 341 g/mol. The lowest BCUT2D eigenvalue weighted by Gasteiger charge is -2.15. The number of hydrogen-bond donors (Lipinski definition) is 2. The van der Waals surface area contributed by atoms with Crippen LogP contribution >= 0.6 is 0 Å². The lowest BCUT2D eigenvalue weighted by Crippen LogP contribution is -2.39. The predicted molar refractivity (Wildman–Crippen MR) is 95.8 cm³/mol. The van der Waals surface area contributed by atoms with Crippen LogP contribution in [-0.2, 0) is 22.7 Å². The molecule has 0 aliphatic carbocycles. The SMILES string of the molecule is CN(CC(N)=O)CC(=O)NCc1ccccc1COc1ccccc1. The van der Waals surface area contributed by atoms with Crippen molar-refractivity contribution in [2.45, 2.75) is 13.2 Å². The number of carbonyl (C=O) groups excluding carboxylic acids is 2. The van der Waals surface area contributed by atoms with Crippen LogP contribution in [0.3, 0.4) is 0 Å². The van der Waals surface area contributed by atoms with E-state index in [4.69, 9.17) is 10.5 Å². The van der Waals surface area contributed by atoms with Gasteiger partial charge < -0.3 is 15.8 Å².